The van der Waals surface area contributed by atoms with Gasteiger partial charge >= 0.3 is 0 Å². The summed E-state index contributed by atoms with van der Waals surface area (Å²) < 4.78 is 2.03. The van der Waals surface area contributed by atoms with E-state index in [9.17, 15) is 0 Å². The Bertz CT molecular complexity index is 551. The monoisotopic (exact) mass is 245 g/mol. The van der Waals surface area contributed by atoms with E-state index in [2.05, 4.69) is 28.9 Å². The lowest BCUT2D eigenvalue weighted by atomic mass is 10.1. The summed E-state index contributed by atoms with van der Waals surface area (Å²) >= 11 is 0. The molecule has 2 rings (SSSR count). The average Bonchev–Trinajstić information content (AvgIpc) is 2.53. The molecule has 2 aromatic heterocycles. The Morgan fingerprint density at radius 3 is 2.56 bits per heavy atom. The van der Waals surface area contributed by atoms with Crippen LogP contribution < -0.4 is 5.73 Å². The summed E-state index contributed by atoms with van der Waals surface area (Å²) in [6.07, 6.45) is 1.06. The summed E-state index contributed by atoms with van der Waals surface area (Å²) in [5, 5.41) is 4.55. The van der Waals surface area contributed by atoms with Gasteiger partial charge in [0.05, 0.1) is 11.4 Å². The molecule has 0 aliphatic heterocycles. The molecule has 5 nitrogen and oxygen atoms in total. The normalized spacial score (nSPS) is 10.9. The van der Waals surface area contributed by atoms with Gasteiger partial charge in [-0.05, 0) is 33.3 Å². The highest BCUT2D eigenvalue weighted by Gasteiger charge is 2.15. The van der Waals surface area contributed by atoms with Crippen molar-refractivity contribution in [3.8, 4) is 11.3 Å². The standard InChI is InChI=1S/C13H19N5/c1-5-6-18-10(4)12(9(3)17-18)11-7-8(2)15-13(14)16-11/h7H,5-6H2,1-4H3,(H2,14,15,16). The van der Waals surface area contributed by atoms with Gasteiger partial charge < -0.3 is 5.73 Å². The van der Waals surface area contributed by atoms with Crippen molar-refractivity contribution in [2.75, 3.05) is 5.73 Å². The van der Waals surface area contributed by atoms with E-state index >= 15 is 0 Å². The largest absolute Gasteiger partial charge is 0.368 e. The molecule has 0 unspecified atom stereocenters. The zero-order chi connectivity index (χ0) is 13.3. The number of rotatable bonds is 3. The molecule has 2 N–H and O–H groups in total. The Hall–Kier alpha value is -1.91. The predicted octanol–water partition coefficient (Wildman–Crippen LogP) is 2.26. The summed E-state index contributed by atoms with van der Waals surface area (Å²) in [5.41, 5.74) is 10.6. The quantitative estimate of drug-likeness (QED) is 0.900. The molecule has 0 saturated heterocycles. The fraction of sp³-hybridized carbons (Fsp3) is 0.462. The van der Waals surface area contributed by atoms with Crippen molar-refractivity contribution in [1.29, 1.82) is 0 Å². The second-order valence-corrected chi connectivity index (χ2v) is 4.52. The summed E-state index contributed by atoms with van der Waals surface area (Å²) in [4.78, 5) is 8.41. The molecule has 96 valence electrons. The molecular formula is C13H19N5. The SMILES string of the molecule is CCCn1nc(C)c(-c2cc(C)nc(N)n2)c1C. The number of nitrogens with two attached hydrogens (primary N) is 1. The molecule has 0 aliphatic rings. The molecule has 2 heterocycles. The molecule has 0 spiro atoms. The predicted molar refractivity (Wildman–Crippen MR) is 72.2 cm³/mol. The van der Waals surface area contributed by atoms with Crippen LogP contribution in [0, 0.1) is 20.8 Å². The molecule has 0 amide bonds. The Labute approximate surface area is 107 Å². The first-order valence-electron chi connectivity index (χ1n) is 6.18. The zero-order valence-electron chi connectivity index (χ0n) is 11.4. The summed E-state index contributed by atoms with van der Waals surface area (Å²) in [5.74, 6) is 0.312. The molecule has 0 saturated carbocycles. The number of nitrogen functional groups attached to an aromatic ring is 1. The first-order valence-corrected chi connectivity index (χ1v) is 6.18. The Balaban J connectivity index is 2.56. The van der Waals surface area contributed by atoms with Crippen molar-refractivity contribution in [3.63, 3.8) is 0 Å². The third-order valence-corrected chi connectivity index (χ3v) is 2.94. The molecule has 0 radical (unpaired) electrons. The van der Waals surface area contributed by atoms with Crippen LogP contribution in [-0.4, -0.2) is 19.7 Å². The van der Waals surface area contributed by atoms with Crippen LogP contribution in [0.1, 0.15) is 30.4 Å². The lowest BCUT2D eigenvalue weighted by Gasteiger charge is -2.05. The van der Waals surface area contributed by atoms with Gasteiger partial charge in [-0.15, -0.1) is 0 Å². The minimum atomic E-state index is 0.312. The molecular weight excluding hydrogens is 226 g/mol. The van der Waals surface area contributed by atoms with Gasteiger partial charge in [-0.3, -0.25) is 4.68 Å². The number of aromatic nitrogens is 4. The zero-order valence-corrected chi connectivity index (χ0v) is 11.4. The van der Waals surface area contributed by atoms with Crippen LogP contribution in [-0.2, 0) is 6.54 Å². The van der Waals surface area contributed by atoms with Crippen molar-refractivity contribution >= 4 is 5.95 Å². The van der Waals surface area contributed by atoms with Gasteiger partial charge in [-0.1, -0.05) is 6.92 Å². The highest BCUT2D eigenvalue weighted by molar-refractivity contribution is 5.65. The fourth-order valence-electron chi connectivity index (χ4n) is 2.22. The van der Waals surface area contributed by atoms with Gasteiger partial charge in [0.15, 0.2) is 0 Å². The Morgan fingerprint density at radius 2 is 1.94 bits per heavy atom. The molecule has 2 aromatic rings. The average molecular weight is 245 g/mol. The van der Waals surface area contributed by atoms with Gasteiger partial charge in [0.1, 0.15) is 0 Å². The molecule has 5 heteroatoms. The van der Waals surface area contributed by atoms with Crippen LogP contribution in [0.3, 0.4) is 0 Å². The molecule has 0 aromatic carbocycles. The van der Waals surface area contributed by atoms with Gasteiger partial charge in [0.25, 0.3) is 0 Å². The third kappa shape index (κ3) is 2.20. The van der Waals surface area contributed by atoms with E-state index in [1.807, 2.05) is 24.6 Å². The minimum Gasteiger partial charge on any atom is -0.368 e. The van der Waals surface area contributed by atoms with E-state index in [4.69, 9.17) is 5.73 Å². The van der Waals surface area contributed by atoms with E-state index in [0.29, 0.717) is 5.95 Å². The topological polar surface area (TPSA) is 69.6 Å². The summed E-state index contributed by atoms with van der Waals surface area (Å²) in [7, 11) is 0. The van der Waals surface area contributed by atoms with Crippen LogP contribution in [0.5, 0.6) is 0 Å². The van der Waals surface area contributed by atoms with Crippen LogP contribution in [0.15, 0.2) is 6.07 Å². The molecule has 0 bridgehead atoms. The molecule has 0 aliphatic carbocycles. The van der Waals surface area contributed by atoms with Crippen molar-refractivity contribution in [3.05, 3.63) is 23.1 Å². The van der Waals surface area contributed by atoms with Crippen LogP contribution in [0.2, 0.25) is 0 Å². The Morgan fingerprint density at radius 1 is 1.22 bits per heavy atom. The second-order valence-electron chi connectivity index (χ2n) is 4.52. The fourth-order valence-corrected chi connectivity index (χ4v) is 2.22. The van der Waals surface area contributed by atoms with Gasteiger partial charge in [-0.25, -0.2) is 9.97 Å². The first-order chi connectivity index (χ1) is 8.52. The summed E-state index contributed by atoms with van der Waals surface area (Å²) in [6.45, 7) is 9.05. The van der Waals surface area contributed by atoms with Crippen LogP contribution >= 0.6 is 0 Å². The van der Waals surface area contributed by atoms with Crippen LogP contribution in [0.4, 0.5) is 5.95 Å². The van der Waals surface area contributed by atoms with Gasteiger partial charge in [-0.2, -0.15) is 5.10 Å². The van der Waals surface area contributed by atoms with Crippen molar-refractivity contribution in [2.45, 2.75) is 40.7 Å². The minimum absolute atomic E-state index is 0.312. The van der Waals surface area contributed by atoms with E-state index in [-0.39, 0.29) is 0 Å². The number of aryl methyl sites for hydroxylation is 3. The molecule has 18 heavy (non-hydrogen) atoms. The van der Waals surface area contributed by atoms with Crippen LogP contribution in [0.25, 0.3) is 11.3 Å². The molecule has 0 fully saturated rings. The number of hydrogen-bond donors (Lipinski definition) is 1. The highest BCUT2D eigenvalue weighted by Crippen LogP contribution is 2.26. The number of nitrogens with zero attached hydrogens (tertiary/aromatic N) is 4. The maximum absolute atomic E-state index is 5.71. The maximum atomic E-state index is 5.71. The number of hydrogen-bond acceptors (Lipinski definition) is 4. The second kappa shape index (κ2) is 4.76. The highest BCUT2D eigenvalue weighted by atomic mass is 15.3. The molecule has 0 atom stereocenters. The lowest BCUT2D eigenvalue weighted by molar-refractivity contribution is 0.583. The first kappa shape index (κ1) is 12.5. The lowest BCUT2D eigenvalue weighted by Crippen LogP contribution is -2.02. The van der Waals surface area contributed by atoms with Gasteiger partial charge in [0.2, 0.25) is 5.95 Å². The summed E-state index contributed by atoms with van der Waals surface area (Å²) in [6, 6.07) is 1.95. The van der Waals surface area contributed by atoms with Gasteiger partial charge in [0, 0.05) is 23.5 Å². The van der Waals surface area contributed by atoms with E-state index in [1.165, 1.54) is 0 Å². The smallest absolute Gasteiger partial charge is 0.220 e. The van der Waals surface area contributed by atoms with Crippen molar-refractivity contribution < 1.29 is 0 Å². The number of anilines is 1. The third-order valence-electron chi connectivity index (χ3n) is 2.94. The van der Waals surface area contributed by atoms with E-state index in [1.54, 1.807) is 0 Å². The maximum Gasteiger partial charge on any atom is 0.220 e. The Kier molecular flexibility index (Phi) is 3.32. The van der Waals surface area contributed by atoms with E-state index < -0.39 is 0 Å². The van der Waals surface area contributed by atoms with Crippen molar-refractivity contribution in [2.24, 2.45) is 0 Å². The van der Waals surface area contributed by atoms with Crippen molar-refractivity contribution in [1.82, 2.24) is 19.7 Å². The van der Waals surface area contributed by atoms with E-state index in [0.717, 1.165) is 41.3 Å².